The molecule has 0 unspecified atom stereocenters. The highest BCUT2D eigenvalue weighted by Crippen LogP contribution is 1.68. The zero-order valence-corrected chi connectivity index (χ0v) is 6.23. The summed E-state index contributed by atoms with van der Waals surface area (Å²) >= 11 is -0.139. The van der Waals surface area contributed by atoms with Gasteiger partial charge in [0.25, 0.3) is 14.1 Å². The van der Waals surface area contributed by atoms with Gasteiger partial charge < -0.3 is 0 Å². The van der Waals surface area contributed by atoms with Gasteiger partial charge in [0.1, 0.15) is 0 Å². The van der Waals surface area contributed by atoms with Crippen molar-refractivity contribution in [3.8, 4) is 0 Å². The summed E-state index contributed by atoms with van der Waals surface area (Å²) in [5.74, 6) is 6.92. The Kier molecular flexibility index (Phi) is 8.76. The average Bonchev–Trinajstić information content (AvgIpc) is 0.811. The molecule has 0 bridgehead atoms. The summed E-state index contributed by atoms with van der Waals surface area (Å²) in [5.41, 5.74) is 0. The van der Waals surface area contributed by atoms with E-state index in [0.29, 0.717) is 0 Å². The zero-order chi connectivity index (χ0) is 3.58. The highest BCUT2D eigenvalue weighted by molar-refractivity contribution is 6.54. The molecule has 0 aromatic rings. The van der Waals surface area contributed by atoms with Crippen molar-refractivity contribution in [1.82, 2.24) is 0 Å². The fraction of sp³-hybridized carbons (Fsp3) is 1.00. The first-order valence-corrected chi connectivity index (χ1v) is 5.20. The Morgan fingerprint density at radius 1 is 1.00 bits per heavy atom. The van der Waals surface area contributed by atoms with Gasteiger partial charge in [-0.1, -0.05) is 0 Å². The molecule has 0 aliphatic carbocycles. The molecule has 0 amide bonds. The maximum absolute atomic E-state index is 2.31. The van der Waals surface area contributed by atoms with E-state index in [1.165, 1.54) is 0 Å². The van der Waals surface area contributed by atoms with Crippen LogP contribution in [0.5, 0.6) is 0 Å². The second-order valence-corrected chi connectivity index (χ2v) is 5.20. The second kappa shape index (κ2) is 4.75. The summed E-state index contributed by atoms with van der Waals surface area (Å²) in [4.78, 5) is 0. The molecule has 0 aromatic carbocycles. The van der Waals surface area contributed by atoms with Crippen LogP contribution in [0.1, 0.15) is 0 Å². The predicted molar refractivity (Wildman–Crippen MR) is 29.1 cm³/mol. The maximum atomic E-state index is 2.31. The van der Waals surface area contributed by atoms with Crippen LogP contribution in [0.4, 0.5) is 0 Å². The van der Waals surface area contributed by atoms with Crippen molar-refractivity contribution in [3.05, 3.63) is 0 Å². The number of hydrogen-bond acceptors (Lipinski definition) is 0. The summed E-state index contributed by atoms with van der Waals surface area (Å²) in [6, 6.07) is 0. The van der Waals surface area contributed by atoms with E-state index < -0.39 is 0 Å². The van der Waals surface area contributed by atoms with Gasteiger partial charge in [0.2, 0.25) is 0 Å². The van der Waals surface area contributed by atoms with Crippen LogP contribution in [0.2, 0.25) is 17.4 Å². The van der Waals surface area contributed by atoms with Gasteiger partial charge in [0, 0.05) is 11.0 Å². The summed E-state index contributed by atoms with van der Waals surface area (Å²) in [7, 11) is 0. The Hall–Kier alpha value is 0.749. The first kappa shape index (κ1) is 9.23. The molecule has 5 heavy (non-hydrogen) atoms. The highest BCUT2D eigenvalue weighted by atomic mass is 28.1. The third-order valence-corrected chi connectivity index (χ3v) is 0. The Morgan fingerprint density at radius 3 is 1.00 bits per heavy atom. The number of rotatable bonds is 0. The monoisotopic (exact) mass is 100 g/mol. The lowest BCUT2D eigenvalue weighted by atomic mass is 11.8. The fourth-order valence-corrected chi connectivity index (χ4v) is 0. The van der Waals surface area contributed by atoms with Crippen LogP contribution in [-0.2, 0) is 0 Å². The molecule has 0 aliphatic heterocycles. The van der Waals surface area contributed by atoms with Crippen molar-refractivity contribution < 1.29 is 0 Å². The van der Waals surface area contributed by atoms with E-state index in [2.05, 4.69) is 17.4 Å². The van der Waals surface area contributed by atoms with Crippen molar-refractivity contribution in [1.29, 1.82) is 0 Å². The van der Waals surface area contributed by atoms with Crippen molar-refractivity contribution in [2.45, 2.75) is 17.4 Å². The predicted octanol–water partition coefficient (Wildman–Crippen LogP) is 0.990. The third-order valence-electron chi connectivity index (χ3n) is 0. The van der Waals surface area contributed by atoms with E-state index in [9.17, 15) is 0 Å². The minimum Gasteiger partial charge on any atom is -0.106 e. The SMILES string of the molecule is [CH3][Al]([CH3])[CH3].[Si]. The van der Waals surface area contributed by atoms with Crippen LogP contribution < -0.4 is 0 Å². The van der Waals surface area contributed by atoms with Gasteiger partial charge in [-0.25, -0.2) is 0 Å². The Labute approximate surface area is 43.0 Å². The molecule has 2 heteroatoms. The fourth-order valence-electron chi connectivity index (χ4n) is 0. The standard InChI is InChI=1S/3CH3.Al.Si/h3*1H3;;. The molecular weight excluding hydrogens is 91.1 g/mol. The molecule has 0 saturated heterocycles. The van der Waals surface area contributed by atoms with Gasteiger partial charge in [-0.15, -0.1) is 17.4 Å². The Morgan fingerprint density at radius 2 is 1.00 bits per heavy atom. The Balaban J connectivity index is 0. The average molecular weight is 100 g/mol. The molecule has 4 radical (unpaired) electrons. The molecule has 0 aliphatic rings. The topological polar surface area (TPSA) is 0 Å². The van der Waals surface area contributed by atoms with Crippen molar-refractivity contribution in [2.24, 2.45) is 0 Å². The minimum atomic E-state index is -0.139. The van der Waals surface area contributed by atoms with Gasteiger partial charge >= 0.3 is 0 Å². The molecular formula is C3H9AlSi. The second-order valence-electron chi connectivity index (χ2n) is 1.73. The van der Waals surface area contributed by atoms with Crippen LogP contribution in [0.25, 0.3) is 0 Å². The van der Waals surface area contributed by atoms with E-state index in [0.717, 1.165) is 0 Å². The largest absolute Gasteiger partial charge is 0.251 e. The molecule has 28 valence electrons. The van der Waals surface area contributed by atoms with Crippen LogP contribution >= 0.6 is 0 Å². The van der Waals surface area contributed by atoms with Crippen LogP contribution in [-0.4, -0.2) is 25.1 Å². The zero-order valence-electron chi connectivity index (χ0n) is 4.08. The summed E-state index contributed by atoms with van der Waals surface area (Å²) < 4.78 is 0. The lowest BCUT2D eigenvalue weighted by molar-refractivity contribution is 1.91. The third kappa shape index (κ3) is 63.9. The quantitative estimate of drug-likeness (QED) is 0.398. The van der Waals surface area contributed by atoms with E-state index >= 15 is 0 Å². The van der Waals surface area contributed by atoms with Crippen LogP contribution in [0, 0.1) is 0 Å². The molecule has 0 rings (SSSR count). The molecule has 0 spiro atoms. The van der Waals surface area contributed by atoms with E-state index in [4.69, 9.17) is 0 Å². The van der Waals surface area contributed by atoms with Crippen LogP contribution in [0.3, 0.4) is 0 Å². The maximum Gasteiger partial charge on any atom is 0.251 e. The normalized spacial score (nSPS) is 5.40. The van der Waals surface area contributed by atoms with E-state index in [1.54, 1.807) is 0 Å². The van der Waals surface area contributed by atoms with Gasteiger partial charge in [-0.3, -0.25) is 0 Å². The lowest BCUT2D eigenvalue weighted by Crippen LogP contribution is -1.84. The molecule has 0 saturated carbocycles. The summed E-state index contributed by atoms with van der Waals surface area (Å²) in [6.45, 7) is 0. The molecule has 0 N–H and O–H groups in total. The van der Waals surface area contributed by atoms with Gasteiger partial charge in [0.15, 0.2) is 0 Å². The van der Waals surface area contributed by atoms with Gasteiger partial charge in [0.05, 0.1) is 0 Å². The summed E-state index contributed by atoms with van der Waals surface area (Å²) in [6.07, 6.45) is 0. The smallest absolute Gasteiger partial charge is 0.106 e. The van der Waals surface area contributed by atoms with Crippen LogP contribution in [0.15, 0.2) is 0 Å². The van der Waals surface area contributed by atoms with E-state index in [1.807, 2.05) is 0 Å². The Bertz CT molecular complexity index is 11.6. The number of hydrogen-bond donors (Lipinski definition) is 0. The van der Waals surface area contributed by atoms with Gasteiger partial charge in [-0.2, -0.15) is 0 Å². The van der Waals surface area contributed by atoms with E-state index in [-0.39, 0.29) is 25.1 Å². The molecule has 0 heterocycles. The van der Waals surface area contributed by atoms with Crippen molar-refractivity contribution >= 4 is 25.1 Å². The molecule has 0 atom stereocenters. The lowest BCUT2D eigenvalue weighted by Gasteiger charge is -1.67. The molecule has 0 nitrogen and oxygen atoms in total. The minimum absolute atomic E-state index is 0. The first-order chi connectivity index (χ1) is 1.73. The first-order valence-electron chi connectivity index (χ1n) is 1.73. The van der Waals surface area contributed by atoms with Crippen molar-refractivity contribution in [3.63, 3.8) is 0 Å². The van der Waals surface area contributed by atoms with Gasteiger partial charge in [-0.05, 0) is 0 Å². The molecule has 0 aromatic heterocycles. The van der Waals surface area contributed by atoms with Crippen molar-refractivity contribution in [2.75, 3.05) is 0 Å². The summed E-state index contributed by atoms with van der Waals surface area (Å²) in [5, 5.41) is 0. The highest BCUT2D eigenvalue weighted by Gasteiger charge is 1.81. The molecule has 0 fully saturated rings.